The number of hydrogen-bond donors (Lipinski definition) is 1. The van der Waals surface area contributed by atoms with E-state index >= 15 is 0 Å². The fourth-order valence-corrected chi connectivity index (χ4v) is 2.30. The summed E-state index contributed by atoms with van der Waals surface area (Å²) in [7, 11) is 0. The molecule has 5 heteroatoms. The predicted octanol–water partition coefficient (Wildman–Crippen LogP) is 3.41. The maximum absolute atomic E-state index is 10.0. The van der Waals surface area contributed by atoms with Gasteiger partial charge in [-0.2, -0.15) is 0 Å². The van der Waals surface area contributed by atoms with Gasteiger partial charge in [0.15, 0.2) is 0 Å². The van der Waals surface area contributed by atoms with Gasteiger partial charge in [0.1, 0.15) is 18.5 Å². The standard InChI is InChI=1S/C16H21ClN2O2/c1-11(2)14-7-15(17)12(3)6-16(14)21-9-13(20)8-19-5-4-18-10-19/h4-7,10-11,13,20H,8-9H2,1-3H3. The lowest BCUT2D eigenvalue weighted by molar-refractivity contribution is 0.0918. The summed E-state index contributed by atoms with van der Waals surface area (Å²) in [6, 6.07) is 3.88. The van der Waals surface area contributed by atoms with Gasteiger partial charge in [0.05, 0.1) is 12.9 Å². The number of aliphatic hydroxyl groups is 1. The van der Waals surface area contributed by atoms with E-state index in [0.29, 0.717) is 12.5 Å². The molecule has 0 aliphatic heterocycles. The van der Waals surface area contributed by atoms with Crippen LogP contribution >= 0.6 is 11.6 Å². The minimum Gasteiger partial charge on any atom is -0.491 e. The second kappa shape index (κ2) is 6.96. The molecule has 1 heterocycles. The van der Waals surface area contributed by atoms with Crippen LogP contribution in [0.25, 0.3) is 0 Å². The molecule has 0 saturated heterocycles. The number of halogens is 1. The van der Waals surface area contributed by atoms with Crippen LogP contribution in [-0.4, -0.2) is 27.4 Å². The molecule has 114 valence electrons. The third kappa shape index (κ3) is 4.22. The lowest BCUT2D eigenvalue weighted by atomic mass is 10.0. The maximum atomic E-state index is 10.0. The van der Waals surface area contributed by atoms with Gasteiger partial charge < -0.3 is 14.4 Å². The molecule has 4 nitrogen and oxygen atoms in total. The first kappa shape index (κ1) is 15.9. The highest BCUT2D eigenvalue weighted by molar-refractivity contribution is 6.31. The van der Waals surface area contributed by atoms with Crippen LogP contribution in [0, 0.1) is 6.92 Å². The SMILES string of the molecule is Cc1cc(OCC(O)Cn2ccnc2)c(C(C)C)cc1Cl. The maximum Gasteiger partial charge on any atom is 0.123 e. The van der Waals surface area contributed by atoms with Gasteiger partial charge in [-0.25, -0.2) is 4.98 Å². The van der Waals surface area contributed by atoms with Crippen LogP contribution in [0.4, 0.5) is 0 Å². The van der Waals surface area contributed by atoms with Gasteiger partial charge in [-0.3, -0.25) is 0 Å². The molecule has 0 aliphatic carbocycles. The number of aryl methyl sites for hydroxylation is 1. The number of ether oxygens (including phenoxy) is 1. The number of benzene rings is 1. The van der Waals surface area contributed by atoms with Gasteiger partial charge in [-0.1, -0.05) is 25.4 Å². The number of nitrogens with zero attached hydrogens (tertiary/aromatic N) is 2. The van der Waals surface area contributed by atoms with E-state index in [-0.39, 0.29) is 6.61 Å². The van der Waals surface area contributed by atoms with Crippen LogP contribution in [0.3, 0.4) is 0 Å². The molecule has 2 rings (SSSR count). The minimum atomic E-state index is -0.588. The van der Waals surface area contributed by atoms with Gasteiger partial charge in [0, 0.05) is 17.4 Å². The lowest BCUT2D eigenvalue weighted by Gasteiger charge is -2.18. The van der Waals surface area contributed by atoms with E-state index in [0.717, 1.165) is 21.9 Å². The van der Waals surface area contributed by atoms with Gasteiger partial charge in [0.2, 0.25) is 0 Å². The third-order valence-corrected chi connectivity index (χ3v) is 3.73. The Morgan fingerprint density at radius 1 is 1.38 bits per heavy atom. The van der Waals surface area contributed by atoms with Crippen molar-refractivity contribution in [1.29, 1.82) is 0 Å². The van der Waals surface area contributed by atoms with Crippen LogP contribution in [0.15, 0.2) is 30.9 Å². The molecule has 1 atom stereocenters. The summed E-state index contributed by atoms with van der Waals surface area (Å²) >= 11 is 6.17. The number of imidazole rings is 1. The summed E-state index contributed by atoms with van der Waals surface area (Å²) in [5.74, 6) is 1.10. The Morgan fingerprint density at radius 3 is 2.76 bits per heavy atom. The molecule has 1 aromatic heterocycles. The molecule has 0 radical (unpaired) electrons. The average molecular weight is 309 g/mol. The summed E-state index contributed by atoms with van der Waals surface area (Å²) < 4.78 is 7.63. The van der Waals surface area contributed by atoms with Crippen LogP contribution in [-0.2, 0) is 6.54 Å². The zero-order chi connectivity index (χ0) is 15.4. The normalized spacial score (nSPS) is 12.7. The van der Waals surface area contributed by atoms with Crippen molar-refractivity contribution in [2.24, 2.45) is 0 Å². The molecule has 0 amide bonds. The minimum absolute atomic E-state index is 0.235. The Kier molecular flexibility index (Phi) is 5.26. The molecule has 0 saturated carbocycles. The van der Waals surface area contributed by atoms with Crippen molar-refractivity contribution < 1.29 is 9.84 Å². The summed E-state index contributed by atoms with van der Waals surface area (Å²) in [5, 5.41) is 10.8. The quantitative estimate of drug-likeness (QED) is 0.889. The zero-order valence-electron chi connectivity index (χ0n) is 12.6. The Balaban J connectivity index is 2.03. The van der Waals surface area contributed by atoms with Crippen molar-refractivity contribution >= 4 is 11.6 Å². The molecule has 0 spiro atoms. The van der Waals surface area contributed by atoms with Crippen molar-refractivity contribution in [3.05, 3.63) is 47.0 Å². The molecule has 0 fully saturated rings. The first-order valence-electron chi connectivity index (χ1n) is 7.04. The Labute approximate surface area is 130 Å². The van der Waals surface area contributed by atoms with E-state index in [2.05, 4.69) is 18.8 Å². The van der Waals surface area contributed by atoms with Gasteiger partial charge in [-0.15, -0.1) is 0 Å². The van der Waals surface area contributed by atoms with Crippen LogP contribution in [0.5, 0.6) is 5.75 Å². The molecule has 2 aromatic rings. The number of hydrogen-bond acceptors (Lipinski definition) is 3. The van der Waals surface area contributed by atoms with Crippen molar-refractivity contribution in [3.8, 4) is 5.75 Å². The Bertz CT molecular complexity index is 582. The summed E-state index contributed by atoms with van der Waals surface area (Å²) in [6.07, 6.45) is 4.59. The molecule has 1 aromatic carbocycles. The van der Waals surface area contributed by atoms with Crippen molar-refractivity contribution in [1.82, 2.24) is 9.55 Å². The highest BCUT2D eigenvalue weighted by atomic mass is 35.5. The van der Waals surface area contributed by atoms with E-state index in [9.17, 15) is 5.11 Å². The lowest BCUT2D eigenvalue weighted by Crippen LogP contribution is -2.23. The van der Waals surface area contributed by atoms with Crippen molar-refractivity contribution in [2.45, 2.75) is 39.3 Å². The zero-order valence-corrected chi connectivity index (χ0v) is 13.3. The van der Waals surface area contributed by atoms with Crippen LogP contribution in [0.1, 0.15) is 30.9 Å². The van der Waals surface area contributed by atoms with Crippen molar-refractivity contribution in [2.75, 3.05) is 6.61 Å². The first-order valence-corrected chi connectivity index (χ1v) is 7.41. The number of aromatic nitrogens is 2. The van der Waals surface area contributed by atoms with Gasteiger partial charge in [0.25, 0.3) is 0 Å². The average Bonchev–Trinajstić information content (AvgIpc) is 2.92. The number of aliphatic hydroxyl groups excluding tert-OH is 1. The van der Waals surface area contributed by atoms with E-state index in [4.69, 9.17) is 16.3 Å². The number of rotatable bonds is 6. The predicted molar refractivity (Wildman–Crippen MR) is 84.0 cm³/mol. The molecular weight excluding hydrogens is 288 g/mol. The van der Waals surface area contributed by atoms with Crippen molar-refractivity contribution in [3.63, 3.8) is 0 Å². The van der Waals surface area contributed by atoms with E-state index in [1.54, 1.807) is 12.5 Å². The second-order valence-corrected chi connectivity index (χ2v) is 5.93. The van der Waals surface area contributed by atoms with E-state index in [1.165, 1.54) is 0 Å². The molecular formula is C16H21ClN2O2. The highest BCUT2D eigenvalue weighted by Crippen LogP contribution is 2.32. The summed E-state index contributed by atoms with van der Waals surface area (Å²) in [4.78, 5) is 3.95. The monoisotopic (exact) mass is 308 g/mol. The summed E-state index contributed by atoms with van der Waals surface area (Å²) in [6.45, 7) is 6.83. The fourth-order valence-electron chi connectivity index (χ4n) is 2.12. The van der Waals surface area contributed by atoms with Gasteiger partial charge >= 0.3 is 0 Å². The highest BCUT2D eigenvalue weighted by Gasteiger charge is 2.13. The molecule has 0 aliphatic rings. The van der Waals surface area contributed by atoms with Gasteiger partial charge in [-0.05, 0) is 36.1 Å². The second-order valence-electron chi connectivity index (χ2n) is 5.52. The molecule has 1 N–H and O–H groups in total. The third-order valence-electron chi connectivity index (χ3n) is 3.33. The fraction of sp³-hybridized carbons (Fsp3) is 0.438. The first-order chi connectivity index (χ1) is 9.97. The van der Waals surface area contributed by atoms with E-state index in [1.807, 2.05) is 29.8 Å². The topological polar surface area (TPSA) is 47.3 Å². The molecule has 0 bridgehead atoms. The largest absolute Gasteiger partial charge is 0.491 e. The Morgan fingerprint density at radius 2 is 2.14 bits per heavy atom. The smallest absolute Gasteiger partial charge is 0.123 e. The van der Waals surface area contributed by atoms with E-state index < -0.39 is 6.10 Å². The summed E-state index contributed by atoms with van der Waals surface area (Å²) in [5.41, 5.74) is 2.03. The molecule has 1 unspecified atom stereocenters. The van der Waals surface area contributed by atoms with Crippen LogP contribution in [0.2, 0.25) is 5.02 Å². The Hall–Kier alpha value is -1.52. The molecule has 21 heavy (non-hydrogen) atoms. The van der Waals surface area contributed by atoms with Crippen LogP contribution < -0.4 is 4.74 Å².